The largest absolute Gasteiger partial charge is 0.339 e. The SMILES string of the molecule is Cc1ccc(CSCC(=O)N2CCN(Cc3ccccc3)CC2)cc1. The molecule has 0 saturated carbocycles. The van der Waals surface area contributed by atoms with Crippen LogP contribution in [-0.2, 0) is 17.1 Å². The van der Waals surface area contributed by atoms with Gasteiger partial charge in [-0.05, 0) is 18.1 Å². The number of hydrogen-bond acceptors (Lipinski definition) is 3. The van der Waals surface area contributed by atoms with Crippen LogP contribution in [0.2, 0.25) is 0 Å². The van der Waals surface area contributed by atoms with Crippen molar-refractivity contribution in [3.05, 3.63) is 71.3 Å². The maximum atomic E-state index is 12.4. The predicted octanol–water partition coefficient (Wildman–Crippen LogP) is 3.57. The van der Waals surface area contributed by atoms with Gasteiger partial charge in [0, 0.05) is 38.5 Å². The quantitative estimate of drug-likeness (QED) is 0.792. The Balaban J connectivity index is 1.37. The monoisotopic (exact) mass is 354 g/mol. The Morgan fingerprint density at radius 1 is 0.920 bits per heavy atom. The summed E-state index contributed by atoms with van der Waals surface area (Å²) < 4.78 is 0. The van der Waals surface area contributed by atoms with Gasteiger partial charge in [-0.2, -0.15) is 0 Å². The predicted molar refractivity (Wildman–Crippen MR) is 106 cm³/mol. The highest BCUT2D eigenvalue weighted by Crippen LogP contribution is 2.15. The molecular weight excluding hydrogens is 328 g/mol. The second kappa shape index (κ2) is 9.07. The van der Waals surface area contributed by atoms with Gasteiger partial charge in [0.2, 0.25) is 5.91 Å². The van der Waals surface area contributed by atoms with Crippen LogP contribution >= 0.6 is 11.8 Å². The Morgan fingerprint density at radius 2 is 1.60 bits per heavy atom. The van der Waals surface area contributed by atoms with Crippen molar-refractivity contribution in [3.63, 3.8) is 0 Å². The van der Waals surface area contributed by atoms with Gasteiger partial charge in [-0.25, -0.2) is 0 Å². The molecule has 1 aliphatic rings. The molecule has 0 aromatic heterocycles. The number of thioether (sulfide) groups is 1. The smallest absolute Gasteiger partial charge is 0.232 e. The third-order valence-electron chi connectivity index (χ3n) is 4.59. The number of piperazine rings is 1. The number of aryl methyl sites for hydroxylation is 1. The van der Waals surface area contributed by atoms with Crippen molar-refractivity contribution < 1.29 is 4.79 Å². The summed E-state index contributed by atoms with van der Waals surface area (Å²) in [6.07, 6.45) is 0. The minimum absolute atomic E-state index is 0.275. The first-order valence-corrected chi connectivity index (χ1v) is 10.0. The molecule has 2 aromatic carbocycles. The lowest BCUT2D eigenvalue weighted by Crippen LogP contribution is -2.48. The van der Waals surface area contributed by atoms with Crippen LogP contribution in [-0.4, -0.2) is 47.6 Å². The molecule has 2 aromatic rings. The second-order valence-electron chi connectivity index (χ2n) is 6.62. The van der Waals surface area contributed by atoms with E-state index < -0.39 is 0 Å². The van der Waals surface area contributed by atoms with Gasteiger partial charge >= 0.3 is 0 Å². The van der Waals surface area contributed by atoms with E-state index in [0.29, 0.717) is 5.75 Å². The van der Waals surface area contributed by atoms with Crippen molar-refractivity contribution in [2.45, 2.75) is 19.2 Å². The van der Waals surface area contributed by atoms with E-state index in [1.165, 1.54) is 16.7 Å². The van der Waals surface area contributed by atoms with E-state index in [-0.39, 0.29) is 5.91 Å². The first-order chi connectivity index (χ1) is 12.2. The van der Waals surface area contributed by atoms with E-state index in [0.717, 1.165) is 38.5 Å². The molecule has 1 heterocycles. The molecule has 0 radical (unpaired) electrons. The van der Waals surface area contributed by atoms with E-state index in [2.05, 4.69) is 60.4 Å². The van der Waals surface area contributed by atoms with Crippen LogP contribution in [0.4, 0.5) is 0 Å². The van der Waals surface area contributed by atoms with Crippen LogP contribution in [0.1, 0.15) is 16.7 Å². The summed E-state index contributed by atoms with van der Waals surface area (Å²) in [4.78, 5) is 16.8. The fourth-order valence-corrected chi connectivity index (χ4v) is 3.92. The van der Waals surface area contributed by atoms with Crippen LogP contribution in [0.15, 0.2) is 54.6 Å². The van der Waals surface area contributed by atoms with Crippen LogP contribution < -0.4 is 0 Å². The number of carbonyl (C=O) groups is 1. The Kier molecular flexibility index (Phi) is 6.54. The molecule has 132 valence electrons. The van der Waals surface area contributed by atoms with Crippen molar-refractivity contribution >= 4 is 17.7 Å². The molecule has 0 atom stereocenters. The van der Waals surface area contributed by atoms with Gasteiger partial charge in [-0.3, -0.25) is 9.69 Å². The average molecular weight is 355 g/mol. The number of hydrogen-bond donors (Lipinski definition) is 0. The topological polar surface area (TPSA) is 23.6 Å². The number of benzene rings is 2. The van der Waals surface area contributed by atoms with E-state index in [1.54, 1.807) is 11.8 Å². The first-order valence-electron chi connectivity index (χ1n) is 8.88. The molecule has 4 heteroatoms. The molecule has 1 fully saturated rings. The van der Waals surface area contributed by atoms with E-state index in [1.807, 2.05) is 11.0 Å². The first kappa shape index (κ1) is 18.0. The molecule has 0 aliphatic carbocycles. The highest BCUT2D eigenvalue weighted by atomic mass is 32.2. The molecule has 0 spiro atoms. The lowest BCUT2D eigenvalue weighted by molar-refractivity contribution is -0.130. The van der Waals surface area contributed by atoms with Crippen LogP contribution in [0, 0.1) is 6.92 Å². The van der Waals surface area contributed by atoms with Crippen LogP contribution in [0.25, 0.3) is 0 Å². The van der Waals surface area contributed by atoms with Gasteiger partial charge < -0.3 is 4.90 Å². The van der Waals surface area contributed by atoms with Gasteiger partial charge in [0.25, 0.3) is 0 Å². The molecule has 0 bridgehead atoms. The fraction of sp³-hybridized carbons (Fsp3) is 0.381. The van der Waals surface area contributed by atoms with Crippen LogP contribution in [0.5, 0.6) is 0 Å². The summed E-state index contributed by atoms with van der Waals surface area (Å²) >= 11 is 1.71. The number of nitrogens with zero attached hydrogens (tertiary/aromatic N) is 2. The zero-order chi connectivity index (χ0) is 17.5. The maximum absolute atomic E-state index is 12.4. The lowest BCUT2D eigenvalue weighted by atomic mass is 10.2. The zero-order valence-corrected chi connectivity index (χ0v) is 15.7. The minimum Gasteiger partial charge on any atom is -0.339 e. The summed E-state index contributed by atoms with van der Waals surface area (Å²) in [6.45, 7) is 6.68. The Morgan fingerprint density at radius 3 is 2.28 bits per heavy atom. The van der Waals surface area contributed by atoms with Crippen molar-refractivity contribution in [1.82, 2.24) is 9.80 Å². The summed E-state index contributed by atoms with van der Waals surface area (Å²) in [5.41, 5.74) is 3.91. The minimum atomic E-state index is 0.275. The van der Waals surface area contributed by atoms with E-state index in [9.17, 15) is 4.79 Å². The Hall–Kier alpha value is -1.78. The average Bonchev–Trinajstić information content (AvgIpc) is 2.65. The molecule has 1 amide bonds. The van der Waals surface area contributed by atoms with Gasteiger partial charge in [-0.15, -0.1) is 11.8 Å². The van der Waals surface area contributed by atoms with Crippen molar-refractivity contribution in [3.8, 4) is 0 Å². The van der Waals surface area contributed by atoms with Crippen LogP contribution in [0.3, 0.4) is 0 Å². The van der Waals surface area contributed by atoms with Gasteiger partial charge in [0.1, 0.15) is 0 Å². The maximum Gasteiger partial charge on any atom is 0.232 e. The molecule has 1 aliphatic heterocycles. The number of rotatable bonds is 6. The third-order valence-corrected chi connectivity index (χ3v) is 5.58. The van der Waals surface area contributed by atoms with E-state index in [4.69, 9.17) is 0 Å². The summed E-state index contributed by atoms with van der Waals surface area (Å²) in [6, 6.07) is 19.1. The second-order valence-corrected chi connectivity index (χ2v) is 7.61. The standard InChI is InChI=1S/C21H26N2OS/c1-18-7-9-20(10-8-18)16-25-17-21(24)23-13-11-22(12-14-23)15-19-5-3-2-4-6-19/h2-10H,11-17H2,1H3. The fourth-order valence-electron chi connectivity index (χ4n) is 3.03. The van der Waals surface area contributed by atoms with E-state index >= 15 is 0 Å². The van der Waals surface area contributed by atoms with Crippen molar-refractivity contribution in [2.75, 3.05) is 31.9 Å². The highest BCUT2D eigenvalue weighted by Gasteiger charge is 2.20. The highest BCUT2D eigenvalue weighted by molar-refractivity contribution is 7.99. The lowest BCUT2D eigenvalue weighted by Gasteiger charge is -2.34. The molecule has 3 nitrogen and oxygen atoms in total. The summed E-state index contributed by atoms with van der Waals surface area (Å²) in [5, 5.41) is 0. The summed E-state index contributed by atoms with van der Waals surface area (Å²) in [7, 11) is 0. The molecule has 0 unspecified atom stereocenters. The van der Waals surface area contributed by atoms with Gasteiger partial charge in [-0.1, -0.05) is 60.2 Å². The number of amides is 1. The zero-order valence-electron chi connectivity index (χ0n) is 14.9. The molecule has 1 saturated heterocycles. The number of carbonyl (C=O) groups excluding carboxylic acids is 1. The molecular formula is C21H26N2OS. The molecule has 25 heavy (non-hydrogen) atoms. The Bertz CT molecular complexity index is 664. The Labute approximate surface area is 155 Å². The normalized spacial score (nSPS) is 15.3. The van der Waals surface area contributed by atoms with Crippen molar-refractivity contribution in [2.24, 2.45) is 0 Å². The van der Waals surface area contributed by atoms with Gasteiger partial charge in [0.05, 0.1) is 5.75 Å². The molecule has 3 rings (SSSR count). The third kappa shape index (κ3) is 5.62. The summed E-state index contributed by atoms with van der Waals surface area (Å²) in [5.74, 6) is 1.75. The van der Waals surface area contributed by atoms with Crippen molar-refractivity contribution in [1.29, 1.82) is 0 Å². The molecule has 0 N–H and O–H groups in total. The van der Waals surface area contributed by atoms with Gasteiger partial charge in [0.15, 0.2) is 0 Å².